The summed E-state index contributed by atoms with van der Waals surface area (Å²) in [5.41, 5.74) is 7.68. The first-order valence-electron chi connectivity index (χ1n) is 8.09. The summed E-state index contributed by atoms with van der Waals surface area (Å²) in [6.07, 6.45) is 3.42. The molecule has 4 rings (SSSR count). The van der Waals surface area contributed by atoms with Gasteiger partial charge in [0.25, 0.3) is 0 Å². The molecule has 2 N–H and O–H groups in total. The Bertz CT molecular complexity index is 1140. The van der Waals surface area contributed by atoms with E-state index in [1.165, 1.54) is 4.68 Å². The zero-order valence-electron chi connectivity index (χ0n) is 14.0. The number of ether oxygens (including phenoxy) is 1. The van der Waals surface area contributed by atoms with Crippen LogP contribution < -0.4 is 10.5 Å². The molecule has 0 aliphatic rings. The maximum atomic E-state index is 11.4. The first-order valence-corrected chi connectivity index (χ1v) is 8.47. The minimum absolute atomic E-state index is 0.228. The number of benzene rings is 2. The van der Waals surface area contributed by atoms with Crippen LogP contribution in [-0.4, -0.2) is 25.9 Å². The molecule has 0 aliphatic heterocycles. The Morgan fingerprint density at radius 2 is 2.04 bits per heavy atom. The molecular weight excluding hydrogens is 366 g/mol. The standard InChI is InChI=1S/C19H14ClN5O2/c20-16-6-5-13(9-15(16)19(21)26)25-10-12(23-24-25)11-27-18-7-8-22-17-4-2-1-3-14(17)18/h1-10H,11H2,(H2,21,26). The Labute approximate surface area is 159 Å². The monoisotopic (exact) mass is 379 g/mol. The molecule has 134 valence electrons. The summed E-state index contributed by atoms with van der Waals surface area (Å²) >= 11 is 5.98. The van der Waals surface area contributed by atoms with Gasteiger partial charge in [-0.1, -0.05) is 28.9 Å². The number of carbonyl (C=O) groups is 1. The first kappa shape index (κ1) is 17.0. The summed E-state index contributed by atoms with van der Waals surface area (Å²) in [5, 5.41) is 9.40. The highest BCUT2D eigenvalue weighted by molar-refractivity contribution is 6.33. The summed E-state index contributed by atoms with van der Waals surface area (Å²) in [4.78, 5) is 15.8. The summed E-state index contributed by atoms with van der Waals surface area (Å²) in [5.74, 6) is 0.118. The van der Waals surface area contributed by atoms with Crippen LogP contribution >= 0.6 is 11.6 Å². The van der Waals surface area contributed by atoms with Gasteiger partial charge in [-0.25, -0.2) is 4.68 Å². The average Bonchev–Trinajstić information content (AvgIpc) is 3.15. The molecule has 2 heterocycles. The highest BCUT2D eigenvalue weighted by Crippen LogP contribution is 2.24. The van der Waals surface area contributed by atoms with E-state index in [1.807, 2.05) is 30.3 Å². The van der Waals surface area contributed by atoms with E-state index in [9.17, 15) is 4.79 Å². The number of fused-ring (bicyclic) bond motifs is 1. The van der Waals surface area contributed by atoms with Crippen molar-refractivity contribution >= 4 is 28.4 Å². The fraction of sp³-hybridized carbons (Fsp3) is 0.0526. The Hall–Kier alpha value is -3.45. The third-order valence-corrected chi connectivity index (χ3v) is 4.33. The second kappa shape index (κ2) is 7.05. The zero-order chi connectivity index (χ0) is 18.8. The molecule has 2 aromatic heterocycles. The number of aromatic nitrogens is 4. The Morgan fingerprint density at radius 3 is 2.89 bits per heavy atom. The lowest BCUT2D eigenvalue weighted by Crippen LogP contribution is -2.12. The van der Waals surface area contributed by atoms with E-state index in [0.29, 0.717) is 16.4 Å². The molecule has 0 atom stereocenters. The van der Waals surface area contributed by atoms with Crippen molar-refractivity contribution < 1.29 is 9.53 Å². The van der Waals surface area contributed by atoms with Crippen molar-refractivity contribution in [2.75, 3.05) is 0 Å². The maximum Gasteiger partial charge on any atom is 0.250 e. The Morgan fingerprint density at radius 1 is 1.19 bits per heavy atom. The lowest BCUT2D eigenvalue weighted by molar-refractivity contribution is 0.100. The Kier molecular flexibility index (Phi) is 4.43. The second-order valence-corrected chi connectivity index (χ2v) is 6.20. The number of rotatable bonds is 5. The van der Waals surface area contributed by atoms with Crippen molar-refractivity contribution in [2.24, 2.45) is 5.73 Å². The number of amides is 1. The highest BCUT2D eigenvalue weighted by atomic mass is 35.5. The predicted molar refractivity (Wildman–Crippen MR) is 101 cm³/mol. The summed E-state index contributed by atoms with van der Waals surface area (Å²) in [6.45, 7) is 0.240. The van der Waals surface area contributed by atoms with Gasteiger partial charge in [-0.15, -0.1) is 5.10 Å². The summed E-state index contributed by atoms with van der Waals surface area (Å²) in [6, 6.07) is 14.4. The first-order chi connectivity index (χ1) is 13.1. The van der Waals surface area contributed by atoms with Gasteiger partial charge >= 0.3 is 0 Å². The molecule has 0 saturated carbocycles. The molecule has 0 unspecified atom stereocenters. The Balaban J connectivity index is 1.55. The number of carbonyl (C=O) groups excluding carboxylic acids is 1. The lowest BCUT2D eigenvalue weighted by atomic mass is 10.2. The van der Waals surface area contributed by atoms with Gasteiger partial charge in [-0.3, -0.25) is 9.78 Å². The minimum Gasteiger partial charge on any atom is -0.486 e. The summed E-state index contributed by atoms with van der Waals surface area (Å²) in [7, 11) is 0. The number of para-hydroxylation sites is 1. The predicted octanol–water partition coefficient (Wildman–Crippen LogP) is 3.15. The highest BCUT2D eigenvalue weighted by Gasteiger charge is 2.11. The molecule has 0 aliphatic carbocycles. The van der Waals surface area contributed by atoms with Crippen molar-refractivity contribution in [3.05, 3.63) is 77.2 Å². The zero-order valence-corrected chi connectivity index (χ0v) is 14.8. The van der Waals surface area contributed by atoms with Crippen LogP contribution in [0.15, 0.2) is 60.9 Å². The SMILES string of the molecule is NC(=O)c1cc(-n2cc(COc3ccnc4ccccc34)nn2)ccc1Cl. The van der Waals surface area contributed by atoms with E-state index in [1.54, 1.807) is 30.6 Å². The maximum absolute atomic E-state index is 11.4. The number of halogens is 1. The van der Waals surface area contributed by atoms with Crippen LogP contribution in [0.3, 0.4) is 0 Å². The van der Waals surface area contributed by atoms with Crippen molar-refractivity contribution in [3.63, 3.8) is 0 Å². The largest absolute Gasteiger partial charge is 0.486 e. The van der Waals surface area contributed by atoms with Crippen LogP contribution in [0.5, 0.6) is 5.75 Å². The van der Waals surface area contributed by atoms with Crippen molar-refractivity contribution in [1.29, 1.82) is 0 Å². The molecular formula is C19H14ClN5O2. The third-order valence-electron chi connectivity index (χ3n) is 4.01. The van der Waals surface area contributed by atoms with Crippen molar-refractivity contribution in [3.8, 4) is 11.4 Å². The van der Waals surface area contributed by atoms with Crippen LogP contribution in [-0.2, 0) is 6.61 Å². The molecule has 27 heavy (non-hydrogen) atoms. The molecule has 0 saturated heterocycles. The molecule has 0 fully saturated rings. The fourth-order valence-corrected chi connectivity index (χ4v) is 2.89. The molecule has 4 aromatic rings. The number of hydrogen-bond acceptors (Lipinski definition) is 5. The van der Waals surface area contributed by atoms with E-state index in [0.717, 1.165) is 16.7 Å². The number of nitrogens with zero attached hydrogens (tertiary/aromatic N) is 4. The quantitative estimate of drug-likeness (QED) is 0.574. The van der Waals surface area contributed by atoms with E-state index in [2.05, 4.69) is 15.3 Å². The molecule has 1 amide bonds. The van der Waals surface area contributed by atoms with Crippen LogP contribution in [0.4, 0.5) is 0 Å². The third kappa shape index (κ3) is 3.45. The van der Waals surface area contributed by atoms with Gasteiger partial charge in [0.05, 0.1) is 28.0 Å². The van der Waals surface area contributed by atoms with Crippen LogP contribution in [0.1, 0.15) is 16.1 Å². The van der Waals surface area contributed by atoms with Gasteiger partial charge in [0.1, 0.15) is 18.1 Å². The smallest absolute Gasteiger partial charge is 0.250 e. The van der Waals surface area contributed by atoms with Gasteiger partial charge in [0.2, 0.25) is 5.91 Å². The van der Waals surface area contributed by atoms with Gasteiger partial charge < -0.3 is 10.5 Å². The van der Waals surface area contributed by atoms with Crippen LogP contribution in [0.2, 0.25) is 5.02 Å². The van der Waals surface area contributed by atoms with Crippen molar-refractivity contribution in [1.82, 2.24) is 20.0 Å². The van der Waals surface area contributed by atoms with Gasteiger partial charge in [0, 0.05) is 11.6 Å². The number of hydrogen-bond donors (Lipinski definition) is 1. The van der Waals surface area contributed by atoms with Crippen molar-refractivity contribution in [2.45, 2.75) is 6.61 Å². The second-order valence-electron chi connectivity index (χ2n) is 5.80. The number of primary amides is 1. The van der Waals surface area contributed by atoms with Gasteiger partial charge in [-0.05, 0) is 36.4 Å². The normalized spacial score (nSPS) is 10.9. The minimum atomic E-state index is -0.602. The topological polar surface area (TPSA) is 95.9 Å². The summed E-state index contributed by atoms with van der Waals surface area (Å²) < 4.78 is 7.42. The molecule has 7 nitrogen and oxygen atoms in total. The van der Waals surface area contributed by atoms with E-state index in [4.69, 9.17) is 22.1 Å². The number of nitrogens with two attached hydrogens (primary N) is 1. The van der Waals surface area contributed by atoms with Gasteiger partial charge in [0.15, 0.2) is 0 Å². The molecule has 2 aromatic carbocycles. The fourth-order valence-electron chi connectivity index (χ4n) is 2.68. The van der Waals surface area contributed by atoms with Gasteiger partial charge in [-0.2, -0.15) is 0 Å². The van der Waals surface area contributed by atoms with Crippen LogP contribution in [0.25, 0.3) is 16.6 Å². The lowest BCUT2D eigenvalue weighted by Gasteiger charge is -2.07. The van der Waals surface area contributed by atoms with E-state index >= 15 is 0 Å². The molecule has 0 radical (unpaired) electrons. The molecule has 0 bridgehead atoms. The van der Waals surface area contributed by atoms with E-state index in [-0.39, 0.29) is 12.2 Å². The van der Waals surface area contributed by atoms with Crippen LogP contribution in [0, 0.1) is 0 Å². The molecule has 8 heteroatoms. The average molecular weight is 380 g/mol. The molecule has 0 spiro atoms. The number of pyridine rings is 1. The van der Waals surface area contributed by atoms with E-state index < -0.39 is 5.91 Å².